The van der Waals surface area contributed by atoms with E-state index in [2.05, 4.69) is 11.6 Å². The highest BCUT2D eigenvalue weighted by Gasteiger charge is 2.26. The van der Waals surface area contributed by atoms with Crippen molar-refractivity contribution >= 4 is 27.5 Å². The molecular formula is C14H21ClN2O2S. The van der Waals surface area contributed by atoms with Gasteiger partial charge in [-0.15, -0.1) is 11.6 Å². The number of rotatable bonds is 5. The van der Waals surface area contributed by atoms with Gasteiger partial charge in [0, 0.05) is 24.7 Å². The fraction of sp³-hybridized carbons (Fsp3) is 0.571. The van der Waals surface area contributed by atoms with Gasteiger partial charge >= 0.3 is 10.2 Å². The van der Waals surface area contributed by atoms with Gasteiger partial charge in [0.1, 0.15) is 0 Å². The lowest BCUT2D eigenvalue weighted by Gasteiger charge is -2.29. The second-order valence-electron chi connectivity index (χ2n) is 5.32. The first kappa shape index (κ1) is 15.6. The molecule has 1 aliphatic heterocycles. The summed E-state index contributed by atoms with van der Waals surface area (Å²) in [5.74, 6) is 1.17. The molecule has 0 bridgehead atoms. The third kappa shape index (κ3) is 4.11. The molecule has 0 radical (unpaired) electrons. The Morgan fingerprint density at radius 3 is 2.40 bits per heavy atom. The van der Waals surface area contributed by atoms with Crippen LogP contribution in [0, 0.1) is 5.92 Å². The number of anilines is 1. The van der Waals surface area contributed by atoms with Crippen molar-refractivity contribution in [2.45, 2.75) is 26.2 Å². The Bertz CT molecular complexity index is 523. The predicted molar refractivity (Wildman–Crippen MR) is 83.4 cm³/mol. The average molecular weight is 317 g/mol. The molecule has 1 fully saturated rings. The number of piperidine rings is 1. The van der Waals surface area contributed by atoms with E-state index >= 15 is 0 Å². The molecule has 1 aliphatic rings. The molecule has 1 saturated heterocycles. The Balaban J connectivity index is 2.00. The molecule has 0 atom stereocenters. The summed E-state index contributed by atoms with van der Waals surface area (Å²) in [6.07, 6.45) is 2.64. The zero-order chi connectivity index (χ0) is 14.6. The number of halogens is 1. The van der Waals surface area contributed by atoms with Gasteiger partial charge in [0.25, 0.3) is 0 Å². The van der Waals surface area contributed by atoms with Crippen molar-refractivity contribution in [2.75, 3.05) is 23.7 Å². The van der Waals surface area contributed by atoms with Crippen LogP contribution in [0.4, 0.5) is 5.69 Å². The molecule has 0 aliphatic carbocycles. The lowest BCUT2D eigenvalue weighted by Crippen LogP contribution is -2.41. The van der Waals surface area contributed by atoms with Crippen molar-refractivity contribution in [1.29, 1.82) is 0 Å². The third-order valence-corrected chi connectivity index (χ3v) is 5.39. The summed E-state index contributed by atoms with van der Waals surface area (Å²) in [6.45, 7) is 3.36. The quantitative estimate of drug-likeness (QED) is 0.849. The van der Waals surface area contributed by atoms with Crippen molar-refractivity contribution in [3.63, 3.8) is 0 Å². The standard InChI is InChI=1S/C14H21ClN2O2S/c1-12-7-10-17(11-8-12)20(18,19)16-14-4-2-13(3-5-14)6-9-15/h2-5,12,16H,6-11H2,1H3. The molecule has 0 saturated carbocycles. The van der Waals surface area contributed by atoms with Gasteiger partial charge in [0.15, 0.2) is 0 Å². The molecule has 0 aromatic heterocycles. The minimum absolute atomic E-state index is 0.567. The smallest absolute Gasteiger partial charge is 0.271 e. The Morgan fingerprint density at radius 2 is 1.85 bits per heavy atom. The molecule has 112 valence electrons. The second kappa shape index (κ2) is 6.78. The monoisotopic (exact) mass is 316 g/mol. The minimum atomic E-state index is -3.43. The van der Waals surface area contributed by atoms with Gasteiger partial charge in [-0.2, -0.15) is 12.7 Å². The molecule has 1 aromatic carbocycles. The van der Waals surface area contributed by atoms with E-state index in [0.717, 1.165) is 24.8 Å². The van der Waals surface area contributed by atoms with Gasteiger partial charge in [0.2, 0.25) is 0 Å². The molecule has 0 amide bonds. The zero-order valence-electron chi connectivity index (χ0n) is 11.7. The molecule has 1 N–H and O–H groups in total. The van der Waals surface area contributed by atoms with Crippen molar-refractivity contribution < 1.29 is 8.42 Å². The van der Waals surface area contributed by atoms with Crippen LogP contribution < -0.4 is 4.72 Å². The van der Waals surface area contributed by atoms with Gasteiger partial charge in [-0.25, -0.2) is 0 Å². The average Bonchev–Trinajstić information content (AvgIpc) is 2.41. The summed E-state index contributed by atoms with van der Waals surface area (Å²) in [4.78, 5) is 0. The van der Waals surface area contributed by atoms with Gasteiger partial charge in [0.05, 0.1) is 0 Å². The van der Waals surface area contributed by atoms with Crippen LogP contribution in [0.1, 0.15) is 25.3 Å². The predicted octanol–water partition coefficient (Wildman–Crippen LogP) is 2.86. The van der Waals surface area contributed by atoms with E-state index < -0.39 is 10.2 Å². The number of hydrogen-bond acceptors (Lipinski definition) is 2. The maximum absolute atomic E-state index is 12.3. The van der Waals surface area contributed by atoms with Crippen LogP contribution in [0.5, 0.6) is 0 Å². The maximum Gasteiger partial charge on any atom is 0.301 e. The Hall–Kier alpha value is -0.780. The van der Waals surface area contributed by atoms with Crippen molar-refractivity contribution in [3.8, 4) is 0 Å². The number of benzene rings is 1. The molecule has 0 spiro atoms. The number of aryl methyl sites for hydroxylation is 1. The second-order valence-corrected chi connectivity index (χ2v) is 7.37. The minimum Gasteiger partial charge on any atom is -0.271 e. The van der Waals surface area contributed by atoms with Crippen molar-refractivity contribution in [3.05, 3.63) is 29.8 Å². The van der Waals surface area contributed by atoms with E-state index in [-0.39, 0.29) is 0 Å². The van der Waals surface area contributed by atoms with Crippen LogP contribution in [-0.4, -0.2) is 31.7 Å². The lowest BCUT2D eigenvalue weighted by atomic mass is 10.0. The largest absolute Gasteiger partial charge is 0.301 e. The fourth-order valence-corrected chi connectivity index (χ4v) is 3.76. The molecule has 0 unspecified atom stereocenters. The number of hydrogen-bond donors (Lipinski definition) is 1. The third-order valence-electron chi connectivity index (χ3n) is 3.67. The Kier molecular flexibility index (Phi) is 5.29. The Labute approximate surface area is 126 Å². The molecule has 2 rings (SSSR count). The number of nitrogens with zero attached hydrogens (tertiary/aromatic N) is 1. The molecule has 1 aromatic rings. The van der Waals surface area contributed by atoms with E-state index in [0.29, 0.717) is 30.6 Å². The summed E-state index contributed by atoms with van der Waals surface area (Å²) in [6, 6.07) is 7.37. The van der Waals surface area contributed by atoms with Gasteiger partial charge in [-0.05, 0) is 42.9 Å². The normalized spacial score (nSPS) is 18.1. The van der Waals surface area contributed by atoms with Crippen molar-refractivity contribution in [2.24, 2.45) is 5.92 Å². The summed E-state index contributed by atoms with van der Waals surface area (Å²) < 4.78 is 28.7. The molecule has 4 nitrogen and oxygen atoms in total. The van der Waals surface area contributed by atoms with Crippen LogP contribution in [0.2, 0.25) is 0 Å². The molecular weight excluding hydrogens is 296 g/mol. The van der Waals surface area contributed by atoms with E-state index in [9.17, 15) is 8.42 Å². The number of nitrogens with one attached hydrogen (secondary N) is 1. The highest BCUT2D eigenvalue weighted by atomic mass is 35.5. The lowest BCUT2D eigenvalue weighted by molar-refractivity contribution is 0.289. The van der Waals surface area contributed by atoms with Crippen LogP contribution in [0.25, 0.3) is 0 Å². The van der Waals surface area contributed by atoms with Gasteiger partial charge in [-0.1, -0.05) is 19.1 Å². The van der Waals surface area contributed by atoms with Gasteiger partial charge < -0.3 is 0 Å². The highest BCUT2D eigenvalue weighted by molar-refractivity contribution is 7.90. The van der Waals surface area contributed by atoms with Gasteiger partial charge in [-0.3, -0.25) is 4.72 Å². The zero-order valence-corrected chi connectivity index (χ0v) is 13.3. The van der Waals surface area contributed by atoms with Crippen LogP contribution >= 0.6 is 11.6 Å². The van der Waals surface area contributed by atoms with E-state index in [4.69, 9.17) is 11.6 Å². The first-order valence-electron chi connectivity index (χ1n) is 6.94. The molecule has 1 heterocycles. The highest BCUT2D eigenvalue weighted by Crippen LogP contribution is 2.20. The molecule has 6 heteroatoms. The summed E-state index contributed by atoms with van der Waals surface area (Å²) in [7, 11) is -3.43. The van der Waals surface area contributed by atoms with Crippen molar-refractivity contribution in [1.82, 2.24) is 4.31 Å². The fourth-order valence-electron chi connectivity index (χ4n) is 2.29. The van der Waals surface area contributed by atoms with Crippen LogP contribution in [0.15, 0.2) is 24.3 Å². The van der Waals surface area contributed by atoms with E-state index in [1.165, 1.54) is 4.31 Å². The van der Waals surface area contributed by atoms with E-state index in [1.54, 1.807) is 12.1 Å². The maximum atomic E-state index is 12.3. The van der Waals surface area contributed by atoms with E-state index in [1.807, 2.05) is 12.1 Å². The topological polar surface area (TPSA) is 49.4 Å². The summed E-state index contributed by atoms with van der Waals surface area (Å²) in [5.41, 5.74) is 1.71. The molecule has 20 heavy (non-hydrogen) atoms. The number of alkyl halides is 1. The Morgan fingerprint density at radius 1 is 1.25 bits per heavy atom. The first-order valence-corrected chi connectivity index (χ1v) is 8.91. The summed E-state index contributed by atoms with van der Waals surface area (Å²) in [5, 5.41) is 0. The summed E-state index contributed by atoms with van der Waals surface area (Å²) >= 11 is 5.68. The SMILES string of the molecule is CC1CCN(S(=O)(=O)Nc2ccc(CCCl)cc2)CC1. The van der Waals surface area contributed by atoms with Crippen LogP contribution in [-0.2, 0) is 16.6 Å². The first-order chi connectivity index (χ1) is 9.51. The van der Waals surface area contributed by atoms with Crippen LogP contribution in [0.3, 0.4) is 0 Å².